The van der Waals surface area contributed by atoms with E-state index in [0.717, 1.165) is 26.2 Å². The Morgan fingerprint density at radius 3 is 1.83 bits per heavy atom. The van der Waals surface area contributed by atoms with Crippen LogP contribution in [0.15, 0.2) is 0 Å². The van der Waals surface area contributed by atoms with Gasteiger partial charge in [0.25, 0.3) is 0 Å². The number of rotatable bonds is 11. The van der Waals surface area contributed by atoms with Crippen molar-refractivity contribution >= 4 is 0 Å². The van der Waals surface area contributed by atoms with Gasteiger partial charge in [-0.05, 0) is 33.9 Å². The van der Waals surface area contributed by atoms with Crippen LogP contribution in [0.5, 0.6) is 0 Å². The Morgan fingerprint density at radius 2 is 1.44 bits per heavy atom. The molecule has 0 aliphatic carbocycles. The largest absolute Gasteiger partial charge is 0.352 e. The van der Waals surface area contributed by atoms with Crippen LogP contribution in [0, 0.1) is 5.92 Å². The Hall–Kier alpha value is -0.160. The van der Waals surface area contributed by atoms with Crippen molar-refractivity contribution in [2.45, 2.75) is 34.0 Å². The fourth-order valence-electron chi connectivity index (χ4n) is 1.85. The average Bonchev–Trinajstić information content (AvgIpc) is 2.25. The van der Waals surface area contributed by atoms with Crippen LogP contribution in [0.4, 0.5) is 0 Å². The van der Waals surface area contributed by atoms with E-state index in [0.29, 0.717) is 19.1 Å². The highest BCUT2D eigenvalue weighted by molar-refractivity contribution is 4.64. The molecule has 0 rings (SSSR count). The highest BCUT2D eigenvalue weighted by atomic mass is 16.7. The SMILES string of the molecule is CCOC(CN(CCN(C)C)CC(C)C)OCC. The zero-order valence-corrected chi connectivity index (χ0v) is 13.1. The average molecular weight is 260 g/mol. The molecule has 0 aromatic heterocycles. The van der Waals surface area contributed by atoms with Gasteiger partial charge in [-0.2, -0.15) is 0 Å². The van der Waals surface area contributed by atoms with E-state index >= 15 is 0 Å². The Kier molecular flexibility index (Phi) is 10.6. The molecule has 110 valence electrons. The second-order valence-corrected chi connectivity index (χ2v) is 5.30. The highest BCUT2D eigenvalue weighted by Gasteiger charge is 2.15. The molecule has 0 spiro atoms. The highest BCUT2D eigenvalue weighted by Crippen LogP contribution is 2.04. The number of hydrogen-bond acceptors (Lipinski definition) is 4. The molecule has 0 aromatic rings. The van der Waals surface area contributed by atoms with E-state index in [2.05, 4.69) is 37.7 Å². The van der Waals surface area contributed by atoms with Crippen molar-refractivity contribution in [3.05, 3.63) is 0 Å². The van der Waals surface area contributed by atoms with Crippen molar-refractivity contribution in [3.63, 3.8) is 0 Å². The fraction of sp³-hybridized carbons (Fsp3) is 1.00. The van der Waals surface area contributed by atoms with Crippen molar-refractivity contribution < 1.29 is 9.47 Å². The van der Waals surface area contributed by atoms with Crippen LogP contribution < -0.4 is 0 Å². The summed E-state index contributed by atoms with van der Waals surface area (Å²) in [5, 5.41) is 0. The van der Waals surface area contributed by atoms with Crippen LogP contribution in [-0.2, 0) is 9.47 Å². The van der Waals surface area contributed by atoms with E-state index in [-0.39, 0.29) is 6.29 Å². The lowest BCUT2D eigenvalue weighted by Crippen LogP contribution is -2.41. The topological polar surface area (TPSA) is 24.9 Å². The summed E-state index contributed by atoms with van der Waals surface area (Å²) >= 11 is 0. The Bertz CT molecular complexity index is 181. The maximum Gasteiger partial charge on any atom is 0.170 e. The lowest BCUT2D eigenvalue weighted by Gasteiger charge is -2.29. The standard InChI is InChI=1S/C14H32N2O2/c1-7-17-14(18-8-2)12-16(11-13(3)4)10-9-15(5)6/h13-14H,7-12H2,1-6H3. The maximum absolute atomic E-state index is 5.62. The molecule has 0 aliphatic heterocycles. The minimum absolute atomic E-state index is 0.0964. The fourth-order valence-corrected chi connectivity index (χ4v) is 1.85. The monoisotopic (exact) mass is 260 g/mol. The van der Waals surface area contributed by atoms with Gasteiger partial charge in [-0.25, -0.2) is 0 Å². The molecule has 0 bridgehead atoms. The molecule has 4 heteroatoms. The van der Waals surface area contributed by atoms with Gasteiger partial charge in [0, 0.05) is 39.4 Å². The van der Waals surface area contributed by atoms with Crippen molar-refractivity contribution in [2.75, 3.05) is 53.5 Å². The number of ether oxygens (including phenoxy) is 2. The first-order valence-corrected chi connectivity index (χ1v) is 7.09. The number of nitrogens with zero attached hydrogens (tertiary/aromatic N) is 2. The Labute approximate surface area is 113 Å². The predicted octanol–water partition coefficient (Wildman–Crippen LogP) is 1.91. The summed E-state index contributed by atoms with van der Waals surface area (Å²) in [5.74, 6) is 0.663. The van der Waals surface area contributed by atoms with Crippen LogP contribution in [0.3, 0.4) is 0 Å². The lowest BCUT2D eigenvalue weighted by molar-refractivity contribution is -0.148. The van der Waals surface area contributed by atoms with Gasteiger partial charge in [-0.1, -0.05) is 13.8 Å². The summed E-state index contributed by atoms with van der Waals surface area (Å²) in [5.41, 5.74) is 0. The molecule has 0 N–H and O–H groups in total. The summed E-state index contributed by atoms with van der Waals surface area (Å²) in [6, 6.07) is 0. The summed E-state index contributed by atoms with van der Waals surface area (Å²) in [6.45, 7) is 14.0. The van der Waals surface area contributed by atoms with E-state index in [1.165, 1.54) is 0 Å². The molecule has 18 heavy (non-hydrogen) atoms. The van der Waals surface area contributed by atoms with E-state index in [4.69, 9.17) is 9.47 Å². The quantitative estimate of drug-likeness (QED) is 0.530. The molecule has 0 aliphatic rings. The third kappa shape index (κ3) is 9.83. The maximum atomic E-state index is 5.62. The first-order chi connectivity index (χ1) is 8.49. The van der Waals surface area contributed by atoms with Gasteiger partial charge in [0.15, 0.2) is 6.29 Å². The van der Waals surface area contributed by atoms with Crippen LogP contribution in [-0.4, -0.2) is 69.6 Å². The number of likely N-dealkylation sites (N-methyl/N-ethyl adjacent to an activating group) is 1. The molecule has 0 radical (unpaired) electrons. The molecular formula is C14H32N2O2. The molecule has 0 unspecified atom stereocenters. The smallest absolute Gasteiger partial charge is 0.170 e. The van der Waals surface area contributed by atoms with Crippen molar-refractivity contribution in [2.24, 2.45) is 5.92 Å². The molecule has 4 nitrogen and oxygen atoms in total. The van der Waals surface area contributed by atoms with Gasteiger partial charge in [0.1, 0.15) is 0 Å². The summed E-state index contributed by atoms with van der Waals surface area (Å²) in [7, 11) is 4.21. The number of hydrogen-bond donors (Lipinski definition) is 0. The summed E-state index contributed by atoms with van der Waals surface area (Å²) in [6.07, 6.45) is -0.0964. The first kappa shape index (κ1) is 17.8. The zero-order chi connectivity index (χ0) is 14.0. The minimum Gasteiger partial charge on any atom is -0.352 e. The van der Waals surface area contributed by atoms with Crippen LogP contribution in [0.1, 0.15) is 27.7 Å². The summed E-state index contributed by atoms with van der Waals surface area (Å²) < 4.78 is 11.2. The lowest BCUT2D eigenvalue weighted by atomic mass is 10.2. The molecular weight excluding hydrogens is 228 g/mol. The van der Waals surface area contributed by atoms with Crippen LogP contribution >= 0.6 is 0 Å². The minimum atomic E-state index is -0.0964. The molecule has 0 heterocycles. The molecule has 0 saturated heterocycles. The van der Waals surface area contributed by atoms with E-state index < -0.39 is 0 Å². The summed E-state index contributed by atoms with van der Waals surface area (Å²) in [4.78, 5) is 4.64. The first-order valence-electron chi connectivity index (χ1n) is 7.09. The van der Waals surface area contributed by atoms with E-state index in [1.54, 1.807) is 0 Å². The Morgan fingerprint density at radius 1 is 0.889 bits per heavy atom. The van der Waals surface area contributed by atoms with Gasteiger partial charge >= 0.3 is 0 Å². The Balaban J connectivity index is 4.24. The zero-order valence-electron chi connectivity index (χ0n) is 13.1. The van der Waals surface area contributed by atoms with E-state index in [9.17, 15) is 0 Å². The predicted molar refractivity (Wildman–Crippen MR) is 76.9 cm³/mol. The second kappa shape index (κ2) is 10.7. The van der Waals surface area contributed by atoms with Gasteiger partial charge < -0.3 is 14.4 Å². The third-order valence-corrected chi connectivity index (χ3v) is 2.60. The van der Waals surface area contributed by atoms with Gasteiger partial charge in [0.05, 0.1) is 0 Å². The van der Waals surface area contributed by atoms with Gasteiger partial charge in [-0.15, -0.1) is 0 Å². The molecule has 0 atom stereocenters. The molecule has 0 amide bonds. The van der Waals surface area contributed by atoms with Gasteiger partial charge in [0.2, 0.25) is 0 Å². The second-order valence-electron chi connectivity index (χ2n) is 5.30. The third-order valence-electron chi connectivity index (χ3n) is 2.60. The van der Waals surface area contributed by atoms with Gasteiger partial charge in [-0.3, -0.25) is 4.90 Å². The normalized spacial score (nSPS) is 12.3. The van der Waals surface area contributed by atoms with Crippen molar-refractivity contribution in [1.82, 2.24) is 9.80 Å². The van der Waals surface area contributed by atoms with Crippen LogP contribution in [0.25, 0.3) is 0 Å². The molecule has 0 saturated carbocycles. The van der Waals surface area contributed by atoms with Crippen LogP contribution in [0.2, 0.25) is 0 Å². The van der Waals surface area contributed by atoms with Crippen molar-refractivity contribution in [3.8, 4) is 0 Å². The molecule has 0 aromatic carbocycles. The molecule has 0 fully saturated rings. The van der Waals surface area contributed by atoms with E-state index in [1.807, 2.05) is 13.8 Å². The van der Waals surface area contributed by atoms with Crippen molar-refractivity contribution in [1.29, 1.82) is 0 Å².